The van der Waals surface area contributed by atoms with Gasteiger partial charge in [-0.25, -0.2) is 0 Å². The van der Waals surface area contributed by atoms with Gasteiger partial charge < -0.3 is 0 Å². The molecule has 0 bridgehead atoms. The number of hydrogen-bond acceptors (Lipinski definition) is 4. The molecule has 0 unspecified atom stereocenters. The molecule has 0 aliphatic heterocycles. The van der Waals surface area contributed by atoms with E-state index in [0.717, 1.165) is 16.0 Å². The standard InChI is InChI=1S/C6H10N2S2/c1-5(2)3-9-6-8-7-4-10-6/h4-5H,3H2,1-2H3. The third kappa shape index (κ3) is 2.66. The predicted molar refractivity (Wildman–Crippen MR) is 45.5 cm³/mol. The van der Waals surface area contributed by atoms with Crippen molar-refractivity contribution in [3.05, 3.63) is 5.51 Å². The fraction of sp³-hybridized carbons (Fsp3) is 0.667. The second kappa shape index (κ2) is 3.93. The van der Waals surface area contributed by atoms with Crippen molar-refractivity contribution < 1.29 is 0 Å². The number of aromatic nitrogens is 2. The van der Waals surface area contributed by atoms with Crippen LogP contribution < -0.4 is 0 Å². The molecule has 0 amide bonds. The highest BCUT2D eigenvalue weighted by molar-refractivity contribution is 8.00. The molecule has 1 heterocycles. The van der Waals surface area contributed by atoms with Crippen LogP contribution in [0.2, 0.25) is 0 Å². The topological polar surface area (TPSA) is 25.8 Å². The fourth-order valence-electron chi connectivity index (χ4n) is 0.464. The molecular weight excluding hydrogens is 164 g/mol. The molecule has 0 aromatic carbocycles. The molecule has 0 aliphatic rings. The van der Waals surface area contributed by atoms with Gasteiger partial charge in [0.2, 0.25) is 0 Å². The van der Waals surface area contributed by atoms with Crippen LogP contribution >= 0.6 is 23.1 Å². The smallest absolute Gasteiger partial charge is 0.146 e. The Kier molecular flexibility index (Phi) is 3.15. The maximum Gasteiger partial charge on any atom is 0.174 e. The Bertz CT molecular complexity index is 172. The summed E-state index contributed by atoms with van der Waals surface area (Å²) >= 11 is 3.39. The molecule has 2 nitrogen and oxygen atoms in total. The van der Waals surface area contributed by atoms with Crippen LogP contribution in [0.25, 0.3) is 0 Å². The van der Waals surface area contributed by atoms with Gasteiger partial charge in [-0.05, 0) is 5.92 Å². The van der Waals surface area contributed by atoms with E-state index in [1.807, 2.05) is 0 Å². The van der Waals surface area contributed by atoms with Crippen LogP contribution in [-0.4, -0.2) is 16.0 Å². The lowest BCUT2D eigenvalue weighted by molar-refractivity contribution is 0.749. The van der Waals surface area contributed by atoms with Gasteiger partial charge in [0.1, 0.15) is 5.51 Å². The van der Waals surface area contributed by atoms with E-state index in [9.17, 15) is 0 Å². The summed E-state index contributed by atoms with van der Waals surface area (Å²) in [5, 5.41) is 7.67. The van der Waals surface area contributed by atoms with Gasteiger partial charge in [-0.15, -0.1) is 10.2 Å². The molecule has 4 heteroatoms. The van der Waals surface area contributed by atoms with Crippen LogP contribution in [0, 0.1) is 5.92 Å². The minimum absolute atomic E-state index is 0.730. The third-order valence-corrected chi connectivity index (χ3v) is 3.17. The van der Waals surface area contributed by atoms with Crippen molar-refractivity contribution in [3.8, 4) is 0 Å². The first kappa shape index (κ1) is 8.01. The zero-order chi connectivity index (χ0) is 7.40. The lowest BCUT2D eigenvalue weighted by Crippen LogP contribution is -1.89. The summed E-state index contributed by atoms with van der Waals surface area (Å²) in [6.07, 6.45) is 0. The summed E-state index contributed by atoms with van der Waals surface area (Å²) in [6, 6.07) is 0. The van der Waals surface area contributed by atoms with E-state index in [1.165, 1.54) is 0 Å². The van der Waals surface area contributed by atoms with Crippen LogP contribution in [-0.2, 0) is 0 Å². The predicted octanol–water partition coefficient (Wildman–Crippen LogP) is 2.29. The lowest BCUT2D eigenvalue weighted by Gasteiger charge is -1.98. The third-order valence-electron chi connectivity index (χ3n) is 0.880. The van der Waals surface area contributed by atoms with E-state index in [2.05, 4.69) is 24.0 Å². The maximum absolute atomic E-state index is 3.92. The molecular formula is C6H10N2S2. The van der Waals surface area contributed by atoms with Gasteiger partial charge in [0.15, 0.2) is 4.34 Å². The van der Waals surface area contributed by atoms with Gasteiger partial charge in [0.25, 0.3) is 0 Å². The highest BCUT2D eigenvalue weighted by atomic mass is 32.2. The molecule has 0 aliphatic carbocycles. The van der Waals surface area contributed by atoms with Crippen molar-refractivity contribution >= 4 is 23.1 Å². The zero-order valence-corrected chi connectivity index (χ0v) is 7.71. The molecule has 1 aromatic heterocycles. The minimum Gasteiger partial charge on any atom is -0.146 e. The Hall–Kier alpha value is -0.0900. The van der Waals surface area contributed by atoms with Gasteiger partial charge >= 0.3 is 0 Å². The van der Waals surface area contributed by atoms with Gasteiger partial charge in [0.05, 0.1) is 0 Å². The van der Waals surface area contributed by atoms with Crippen LogP contribution in [0.1, 0.15) is 13.8 Å². The van der Waals surface area contributed by atoms with Crippen molar-refractivity contribution in [2.45, 2.75) is 18.2 Å². The van der Waals surface area contributed by atoms with Crippen molar-refractivity contribution in [1.29, 1.82) is 0 Å². The molecule has 10 heavy (non-hydrogen) atoms. The number of nitrogens with zero attached hydrogens (tertiary/aromatic N) is 2. The Balaban J connectivity index is 2.28. The average Bonchev–Trinajstić information content (AvgIpc) is 2.34. The van der Waals surface area contributed by atoms with Gasteiger partial charge in [0, 0.05) is 5.75 Å². The SMILES string of the molecule is CC(C)CSc1nncs1. The van der Waals surface area contributed by atoms with Crippen LogP contribution in [0.3, 0.4) is 0 Å². The van der Waals surface area contributed by atoms with E-state index >= 15 is 0 Å². The van der Waals surface area contributed by atoms with Gasteiger partial charge in [-0.3, -0.25) is 0 Å². The van der Waals surface area contributed by atoms with Gasteiger partial charge in [-0.2, -0.15) is 0 Å². The molecule has 0 saturated heterocycles. The number of hydrogen-bond donors (Lipinski definition) is 0. The Morgan fingerprint density at radius 3 is 3.00 bits per heavy atom. The quantitative estimate of drug-likeness (QED) is 0.657. The summed E-state index contributed by atoms with van der Waals surface area (Å²) in [5.41, 5.74) is 1.77. The molecule has 0 atom stereocenters. The second-order valence-electron chi connectivity index (χ2n) is 2.41. The molecule has 0 fully saturated rings. The van der Waals surface area contributed by atoms with E-state index in [1.54, 1.807) is 28.6 Å². The van der Waals surface area contributed by atoms with E-state index in [0.29, 0.717) is 0 Å². The Labute approximate surface area is 69.1 Å². The molecule has 0 saturated carbocycles. The maximum atomic E-state index is 3.92. The summed E-state index contributed by atoms with van der Waals surface area (Å²) in [6.45, 7) is 4.40. The molecule has 1 rings (SSSR count). The average molecular weight is 174 g/mol. The van der Waals surface area contributed by atoms with Gasteiger partial charge in [-0.1, -0.05) is 36.9 Å². The Morgan fingerprint density at radius 2 is 2.50 bits per heavy atom. The number of thioether (sulfide) groups is 1. The van der Waals surface area contributed by atoms with Crippen molar-refractivity contribution in [1.82, 2.24) is 10.2 Å². The van der Waals surface area contributed by atoms with E-state index < -0.39 is 0 Å². The summed E-state index contributed by atoms with van der Waals surface area (Å²) < 4.78 is 1.08. The molecule has 0 radical (unpaired) electrons. The molecule has 56 valence electrons. The van der Waals surface area contributed by atoms with Crippen LogP contribution in [0.4, 0.5) is 0 Å². The summed E-state index contributed by atoms with van der Waals surface area (Å²) in [5.74, 6) is 1.86. The van der Waals surface area contributed by atoms with E-state index in [4.69, 9.17) is 0 Å². The first-order valence-corrected chi connectivity index (χ1v) is 5.04. The number of rotatable bonds is 3. The molecule has 0 N–H and O–H groups in total. The monoisotopic (exact) mass is 174 g/mol. The minimum atomic E-state index is 0.730. The molecule has 1 aromatic rings. The largest absolute Gasteiger partial charge is 0.174 e. The zero-order valence-electron chi connectivity index (χ0n) is 6.07. The first-order chi connectivity index (χ1) is 4.79. The van der Waals surface area contributed by atoms with E-state index in [-0.39, 0.29) is 0 Å². The first-order valence-electron chi connectivity index (χ1n) is 3.18. The summed E-state index contributed by atoms with van der Waals surface area (Å²) in [7, 11) is 0. The normalized spacial score (nSPS) is 10.7. The second-order valence-corrected chi connectivity index (χ2v) is 4.51. The highest BCUT2D eigenvalue weighted by Gasteiger charge is 1.98. The van der Waals surface area contributed by atoms with Crippen LogP contribution in [0.15, 0.2) is 9.85 Å². The van der Waals surface area contributed by atoms with Crippen molar-refractivity contribution in [3.63, 3.8) is 0 Å². The lowest BCUT2D eigenvalue weighted by atomic mass is 10.3. The summed E-state index contributed by atoms with van der Waals surface area (Å²) in [4.78, 5) is 0. The van der Waals surface area contributed by atoms with Crippen LogP contribution in [0.5, 0.6) is 0 Å². The highest BCUT2D eigenvalue weighted by Crippen LogP contribution is 2.20. The van der Waals surface area contributed by atoms with Crippen molar-refractivity contribution in [2.75, 3.05) is 5.75 Å². The molecule has 0 spiro atoms. The van der Waals surface area contributed by atoms with Crippen molar-refractivity contribution in [2.24, 2.45) is 5.92 Å². The fourth-order valence-corrected chi connectivity index (χ4v) is 1.93. The Morgan fingerprint density at radius 1 is 1.70 bits per heavy atom.